The highest BCUT2D eigenvalue weighted by molar-refractivity contribution is 7.18. The molecule has 6 nitrogen and oxygen atoms in total. The first-order valence-electron chi connectivity index (χ1n) is 9.64. The van der Waals surface area contributed by atoms with Crippen LogP contribution in [0, 0.1) is 5.82 Å². The number of hydrogen-bond acceptors (Lipinski definition) is 6. The molecule has 1 aliphatic carbocycles. The van der Waals surface area contributed by atoms with Crippen LogP contribution in [0.3, 0.4) is 0 Å². The van der Waals surface area contributed by atoms with Gasteiger partial charge >= 0.3 is 0 Å². The number of carbonyl (C=O) groups is 1. The first kappa shape index (κ1) is 18.4. The zero-order chi connectivity index (χ0) is 20.4. The van der Waals surface area contributed by atoms with Crippen molar-refractivity contribution >= 4 is 50.4 Å². The standard InChI is InChI=1S/C20H15ClFN5OS2/c21-17-16(30-18(26-17)9-4-5-9)20(28)27-7-6-11-14(24-8-23-11)15(27)19-25-13-10(22)2-1-3-12(13)29-19/h1-3,8-9,15H,4-7H2,(H,23,24)/t15-/m0/s1. The molecule has 1 N–H and O–H groups in total. The van der Waals surface area contributed by atoms with Gasteiger partial charge in [0.15, 0.2) is 5.15 Å². The molecule has 0 unspecified atom stereocenters. The van der Waals surface area contributed by atoms with Crippen molar-refractivity contribution in [1.82, 2.24) is 24.8 Å². The highest BCUT2D eigenvalue weighted by atomic mass is 35.5. The summed E-state index contributed by atoms with van der Waals surface area (Å²) in [4.78, 5) is 32.4. The van der Waals surface area contributed by atoms with Crippen LogP contribution in [0.2, 0.25) is 5.15 Å². The molecular weight excluding hydrogens is 445 g/mol. The number of amides is 1. The van der Waals surface area contributed by atoms with Crippen molar-refractivity contribution < 1.29 is 9.18 Å². The van der Waals surface area contributed by atoms with E-state index in [4.69, 9.17) is 11.6 Å². The summed E-state index contributed by atoms with van der Waals surface area (Å²) < 4.78 is 15.0. The highest BCUT2D eigenvalue weighted by Gasteiger charge is 2.39. The van der Waals surface area contributed by atoms with Crippen molar-refractivity contribution in [1.29, 1.82) is 0 Å². The van der Waals surface area contributed by atoms with E-state index in [1.807, 2.05) is 6.07 Å². The number of carbonyl (C=O) groups excluding carboxylic acids is 1. The molecular formula is C20H15ClFN5OS2. The fourth-order valence-electron chi connectivity index (χ4n) is 3.88. The summed E-state index contributed by atoms with van der Waals surface area (Å²) >= 11 is 9.12. The van der Waals surface area contributed by atoms with Gasteiger partial charge in [-0.05, 0) is 25.0 Å². The number of imidazole rings is 1. The molecule has 1 saturated carbocycles. The summed E-state index contributed by atoms with van der Waals surface area (Å²) in [6.07, 6.45) is 4.47. The average Bonchev–Trinajstić information content (AvgIpc) is 3.14. The Morgan fingerprint density at radius 3 is 2.90 bits per heavy atom. The van der Waals surface area contributed by atoms with E-state index in [1.54, 1.807) is 17.3 Å². The van der Waals surface area contributed by atoms with Gasteiger partial charge in [-0.2, -0.15) is 0 Å². The summed E-state index contributed by atoms with van der Waals surface area (Å²) in [7, 11) is 0. The molecule has 1 aliphatic heterocycles. The number of nitrogens with one attached hydrogen (secondary N) is 1. The van der Waals surface area contributed by atoms with Crippen LogP contribution in [0.1, 0.15) is 55.9 Å². The van der Waals surface area contributed by atoms with E-state index in [0.29, 0.717) is 34.3 Å². The minimum atomic E-state index is -0.494. The Bertz CT molecular complexity index is 1290. The molecule has 0 radical (unpaired) electrons. The number of fused-ring (bicyclic) bond motifs is 2. The Labute approximate surface area is 183 Å². The van der Waals surface area contributed by atoms with E-state index in [-0.39, 0.29) is 16.9 Å². The summed E-state index contributed by atoms with van der Waals surface area (Å²) in [5, 5.41) is 1.83. The van der Waals surface area contributed by atoms with E-state index in [2.05, 4.69) is 19.9 Å². The second-order valence-corrected chi connectivity index (χ2v) is 9.95. The Hall–Kier alpha value is -2.36. The predicted octanol–water partition coefficient (Wildman–Crippen LogP) is 4.93. The minimum absolute atomic E-state index is 0.178. The Kier molecular flexibility index (Phi) is 4.19. The molecule has 152 valence electrons. The van der Waals surface area contributed by atoms with Crippen molar-refractivity contribution in [2.75, 3.05) is 6.54 Å². The van der Waals surface area contributed by atoms with E-state index in [1.165, 1.54) is 28.7 Å². The third kappa shape index (κ3) is 2.87. The predicted molar refractivity (Wildman–Crippen MR) is 114 cm³/mol. The number of para-hydroxylation sites is 1. The third-order valence-electron chi connectivity index (χ3n) is 5.53. The molecule has 4 heterocycles. The Balaban J connectivity index is 1.45. The van der Waals surface area contributed by atoms with Crippen LogP contribution in [0.5, 0.6) is 0 Å². The number of rotatable bonds is 3. The van der Waals surface area contributed by atoms with Crippen LogP contribution < -0.4 is 0 Å². The van der Waals surface area contributed by atoms with Gasteiger partial charge in [-0.15, -0.1) is 22.7 Å². The van der Waals surface area contributed by atoms with Gasteiger partial charge in [0.05, 0.1) is 21.7 Å². The zero-order valence-corrected chi connectivity index (χ0v) is 18.0. The lowest BCUT2D eigenvalue weighted by atomic mass is 10.0. The lowest BCUT2D eigenvalue weighted by Gasteiger charge is -2.33. The van der Waals surface area contributed by atoms with Gasteiger partial charge in [0.2, 0.25) is 0 Å². The van der Waals surface area contributed by atoms with Crippen molar-refractivity contribution in [3.63, 3.8) is 0 Å². The largest absolute Gasteiger partial charge is 0.348 e. The molecule has 1 fully saturated rings. The molecule has 0 bridgehead atoms. The maximum absolute atomic E-state index is 14.3. The number of aromatic nitrogens is 4. The molecule has 30 heavy (non-hydrogen) atoms. The Morgan fingerprint density at radius 2 is 2.10 bits per heavy atom. The van der Waals surface area contributed by atoms with Crippen LogP contribution in [0.4, 0.5) is 4.39 Å². The molecule has 10 heteroatoms. The SMILES string of the molecule is O=C(c1sc(C2CC2)nc1Cl)N1CCc2[nH]cnc2[C@H]1c1nc2c(F)cccc2s1. The molecule has 1 atom stereocenters. The third-order valence-corrected chi connectivity index (χ3v) is 8.19. The molecule has 0 spiro atoms. The molecule has 6 rings (SSSR count). The van der Waals surface area contributed by atoms with E-state index < -0.39 is 6.04 Å². The number of nitrogens with zero attached hydrogens (tertiary/aromatic N) is 4. The molecule has 1 amide bonds. The van der Waals surface area contributed by atoms with Crippen LogP contribution in [0.25, 0.3) is 10.2 Å². The van der Waals surface area contributed by atoms with Crippen molar-refractivity contribution in [2.45, 2.75) is 31.2 Å². The van der Waals surface area contributed by atoms with Gasteiger partial charge in [-0.1, -0.05) is 17.7 Å². The van der Waals surface area contributed by atoms with Gasteiger partial charge in [0.1, 0.15) is 27.3 Å². The second kappa shape index (κ2) is 6.83. The van der Waals surface area contributed by atoms with Gasteiger partial charge in [-0.3, -0.25) is 4.79 Å². The van der Waals surface area contributed by atoms with Crippen LogP contribution >= 0.6 is 34.3 Å². The minimum Gasteiger partial charge on any atom is -0.348 e. The quantitative estimate of drug-likeness (QED) is 0.471. The Morgan fingerprint density at radius 1 is 1.23 bits per heavy atom. The zero-order valence-electron chi connectivity index (χ0n) is 15.6. The number of benzene rings is 1. The van der Waals surface area contributed by atoms with Crippen molar-refractivity contribution in [3.8, 4) is 0 Å². The number of aromatic amines is 1. The smallest absolute Gasteiger partial charge is 0.268 e. The first-order valence-corrected chi connectivity index (χ1v) is 11.7. The molecule has 3 aromatic heterocycles. The van der Waals surface area contributed by atoms with E-state index in [9.17, 15) is 9.18 Å². The number of H-pyrrole nitrogens is 1. The van der Waals surface area contributed by atoms with Crippen molar-refractivity contribution in [3.05, 3.63) is 61.8 Å². The molecule has 2 aliphatic rings. The van der Waals surface area contributed by atoms with Gasteiger partial charge in [-0.25, -0.2) is 19.3 Å². The van der Waals surface area contributed by atoms with Crippen LogP contribution in [-0.4, -0.2) is 37.3 Å². The first-order chi connectivity index (χ1) is 14.6. The molecule has 1 aromatic carbocycles. The second-order valence-electron chi connectivity index (χ2n) is 7.50. The molecule has 0 saturated heterocycles. The maximum Gasteiger partial charge on any atom is 0.268 e. The fourth-order valence-corrected chi connectivity index (χ4v) is 6.40. The summed E-state index contributed by atoms with van der Waals surface area (Å²) in [6, 6.07) is 4.40. The van der Waals surface area contributed by atoms with Crippen LogP contribution in [0.15, 0.2) is 24.5 Å². The number of thiazole rings is 2. The fraction of sp³-hybridized carbons (Fsp3) is 0.300. The van der Waals surface area contributed by atoms with Crippen molar-refractivity contribution in [2.24, 2.45) is 0 Å². The summed E-state index contributed by atoms with van der Waals surface area (Å²) in [5.74, 6) is -0.121. The lowest BCUT2D eigenvalue weighted by Crippen LogP contribution is -2.40. The highest BCUT2D eigenvalue weighted by Crippen LogP contribution is 2.45. The monoisotopic (exact) mass is 459 g/mol. The van der Waals surface area contributed by atoms with E-state index >= 15 is 0 Å². The van der Waals surface area contributed by atoms with Gasteiger partial charge in [0.25, 0.3) is 5.91 Å². The number of hydrogen-bond donors (Lipinski definition) is 1. The maximum atomic E-state index is 14.3. The average molecular weight is 460 g/mol. The van der Waals surface area contributed by atoms with E-state index in [0.717, 1.165) is 33.9 Å². The van der Waals surface area contributed by atoms with Gasteiger partial charge < -0.3 is 9.88 Å². The normalized spacial score (nSPS) is 18.7. The molecule has 4 aromatic rings. The van der Waals surface area contributed by atoms with Gasteiger partial charge in [0, 0.05) is 24.6 Å². The van der Waals surface area contributed by atoms with Crippen LogP contribution in [-0.2, 0) is 6.42 Å². The number of halogens is 2. The topological polar surface area (TPSA) is 74.8 Å². The summed E-state index contributed by atoms with van der Waals surface area (Å²) in [5.41, 5.74) is 2.04. The summed E-state index contributed by atoms with van der Waals surface area (Å²) in [6.45, 7) is 0.490. The lowest BCUT2D eigenvalue weighted by molar-refractivity contribution is 0.0695.